The fourth-order valence-electron chi connectivity index (χ4n) is 2.46. The summed E-state index contributed by atoms with van der Waals surface area (Å²) in [7, 11) is 0. The van der Waals surface area contributed by atoms with Gasteiger partial charge in [-0.15, -0.1) is 0 Å². The number of benzene rings is 1. The number of aromatic nitrogens is 2. The van der Waals surface area contributed by atoms with E-state index >= 15 is 0 Å². The van der Waals surface area contributed by atoms with E-state index in [0.29, 0.717) is 6.42 Å². The average molecular weight is 371 g/mol. The summed E-state index contributed by atoms with van der Waals surface area (Å²) in [5.41, 5.74) is 10.7. The van der Waals surface area contributed by atoms with Gasteiger partial charge in [-0.05, 0) is 53.4 Å². The highest BCUT2D eigenvalue weighted by atomic mass is 79.9. The summed E-state index contributed by atoms with van der Waals surface area (Å²) in [5.74, 6) is 0. The number of hydrogen-bond acceptors (Lipinski definition) is 2. The molecule has 0 aliphatic carbocycles. The zero-order valence-electron chi connectivity index (χ0n) is 12.7. The summed E-state index contributed by atoms with van der Waals surface area (Å²) in [5, 5.41) is 5.34. The molecule has 2 aromatic rings. The van der Waals surface area contributed by atoms with Crippen molar-refractivity contribution in [2.75, 3.05) is 0 Å². The molecule has 0 bridgehead atoms. The molecule has 0 saturated carbocycles. The van der Waals surface area contributed by atoms with E-state index in [-0.39, 0.29) is 6.04 Å². The predicted molar refractivity (Wildman–Crippen MR) is 91.8 cm³/mol. The molecule has 0 aliphatic heterocycles. The van der Waals surface area contributed by atoms with Gasteiger partial charge in [0.1, 0.15) is 0 Å². The van der Waals surface area contributed by atoms with Crippen LogP contribution in [-0.2, 0) is 19.4 Å². The van der Waals surface area contributed by atoms with Crippen LogP contribution in [-0.4, -0.2) is 9.78 Å². The standard InChI is InChI=1S/C16H21BrClN3/c1-4-14-16(17)15(21(5-2)20-14)9-13(19)11-7-6-10(3)8-12(11)18/h6-8,13H,4-5,9,19H2,1-3H3. The van der Waals surface area contributed by atoms with Crippen molar-refractivity contribution in [2.24, 2.45) is 5.73 Å². The molecule has 5 heteroatoms. The molecule has 1 aromatic heterocycles. The summed E-state index contributed by atoms with van der Waals surface area (Å²) < 4.78 is 3.09. The minimum absolute atomic E-state index is 0.138. The molecule has 0 radical (unpaired) electrons. The number of aryl methyl sites for hydroxylation is 3. The van der Waals surface area contributed by atoms with Gasteiger partial charge in [0.2, 0.25) is 0 Å². The Morgan fingerprint density at radius 3 is 2.67 bits per heavy atom. The molecule has 1 atom stereocenters. The topological polar surface area (TPSA) is 43.8 Å². The van der Waals surface area contributed by atoms with Gasteiger partial charge in [-0.25, -0.2) is 0 Å². The lowest BCUT2D eigenvalue weighted by atomic mass is 10.0. The molecule has 114 valence electrons. The molecule has 1 heterocycles. The Kier molecular flexibility index (Phi) is 5.47. The Balaban J connectivity index is 2.31. The molecule has 1 aromatic carbocycles. The van der Waals surface area contributed by atoms with Gasteiger partial charge in [-0.3, -0.25) is 4.68 Å². The zero-order chi connectivity index (χ0) is 15.6. The predicted octanol–water partition coefficient (Wildman–Crippen LogP) is 4.43. The minimum atomic E-state index is -0.138. The van der Waals surface area contributed by atoms with Crippen molar-refractivity contribution in [3.05, 3.63) is 50.2 Å². The lowest BCUT2D eigenvalue weighted by Crippen LogP contribution is -2.17. The second-order valence-corrected chi connectivity index (χ2v) is 6.41. The Labute approximate surface area is 139 Å². The third kappa shape index (κ3) is 3.50. The quantitative estimate of drug-likeness (QED) is 0.846. The second-order valence-electron chi connectivity index (χ2n) is 5.21. The Morgan fingerprint density at radius 2 is 2.10 bits per heavy atom. The van der Waals surface area contributed by atoms with E-state index in [2.05, 4.69) is 34.9 Å². The molecule has 2 rings (SSSR count). The minimum Gasteiger partial charge on any atom is -0.324 e. The summed E-state index contributed by atoms with van der Waals surface area (Å²) in [6.07, 6.45) is 1.62. The monoisotopic (exact) mass is 369 g/mol. The third-order valence-electron chi connectivity index (χ3n) is 3.66. The molecule has 0 saturated heterocycles. The maximum Gasteiger partial charge on any atom is 0.0766 e. The van der Waals surface area contributed by atoms with Gasteiger partial charge in [-0.1, -0.05) is 30.7 Å². The van der Waals surface area contributed by atoms with Crippen molar-refractivity contribution in [3.8, 4) is 0 Å². The maximum atomic E-state index is 6.37. The highest BCUT2D eigenvalue weighted by Crippen LogP contribution is 2.29. The van der Waals surface area contributed by atoms with Gasteiger partial charge in [0.05, 0.1) is 15.9 Å². The lowest BCUT2D eigenvalue weighted by molar-refractivity contribution is 0.584. The van der Waals surface area contributed by atoms with Gasteiger partial charge in [-0.2, -0.15) is 5.10 Å². The van der Waals surface area contributed by atoms with Gasteiger partial charge in [0.15, 0.2) is 0 Å². The van der Waals surface area contributed by atoms with E-state index in [0.717, 1.165) is 45.0 Å². The molecule has 0 fully saturated rings. The van der Waals surface area contributed by atoms with Crippen LogP contribution in [0.4, 0.5) is 0 Å². The summed E-state index contributed by atoms with van der Waals surface area (Å²) in [6.45, 7) is 7.06. The first-order valence-corrected chi connectivity index (χ1v) is 8.40. The van der Waals surface area contributed by atoms with Crippen LogP contribution in [0, 0.1) is 6.92 Å². The van der Waals surface area contributed by atoms with Crippen LogP contribution in [0.5, 0.6) is 0 Å². The molecular formula is C16H21BrClN3. The van der Waals surface area contributed by atoms with Gasteiger partial charge in [0.25, 0.3) is 0 Å². The van der Waals surface area contributed by atoms with Crippen LogP contribution >= 0.6 is 27.5 Å². The summed E-state index contributed by atoms with van der Waals surface area (Å²) in [4.78, 5) is 0. The summed E-state index contributed by atoms with van der Waals surface area (Å²) >= 11 is 9.98. The van der Waals surface area contributed by atoms with Crippen molar-refractivity contribution >= 4 is 27.5 Å². The Bertz CT molecular complexity index is 637. The first-order valence-electron chi connectivity index (χ1n) is 7.23. The van der Waals surface area contributed by atoms with E-state index in [1.54, 1.807) is 0 Å². The van der Waals surface area contributed by atoms with Crippen molar-refractivity contribution in [1.82, 2.24) is 9.78 Å². The molecule has 0 amide bonds. The fourth-order valence-corrected chi connectivity index (χ4v) is 3.56. The average Bonchev–Trinajstić information content (AvgIpc) is 2.75. The third-order valence-corrected chi connectivity index (χ3v) is 4.91. The lowest BCUT2D eigenvalue weighted by Gasteiger charge is -2.15. The Morgan fingerprint density at radius 1 is 1.38 bits per heavy atom. The van der Waals surface area contributed by atoms with E-state index in [9.17, 15) is 0 Å². The highest BCUT2D eigenvalue weighted by molar-refractivity contribution is 9.10. The van der Waals surface area contributed by atoms with Crippen LogP contribution in [0.2, 0.25) is 5.02 Å². The van der Waals surface area contributed by atoms with E-state index in [1.165, 1.54) is 0 Å². The molecule has 2 N–H and O–H groups in total. The van der Waals surface area contributed by atoms with E-state index < -0.39 is 0 Å². The molecular weight excluding hydrogens is 350 g/mol. The number of halogens is 2. The largest absolute Gasteiger partial charge is 0.324 e. The van der Waals surface area contributed by atoms with Crippen molar-refractivity contribution in [1.29, 1.82) is 0 Å². The van der Waals surface area contributed by atoms with Crippen LogP contribution in [0.1, 0.15) is 42.4 Å². The first-order chi connectivity index (χ1) is 9.97. The van der Waals surface area contributed by atoms with Crippen LogP contribution in [0.15, 0.2) is 22.7 Å². The molecule has 3 nitrogen and oxygen atoms in total. The summed E-state index contributed by atoms with van der Waals surface area (Å²) in [6, 6.07) is 5.88. The number of hydrogen-bond donors (Lipinski definition) is 1. The maximum absolute atomic E-state index is 6.37. The SMILES string of the molecule is CCc1nn(CC)c(CC(N)c2ccc(C)cc2Cl)c1Br. The molecule has 0 aliphatic rings. The van der Waals surface area contributed by atoms with Crippen molar-refractivity contribution < 1.29 is 0 Å². The van der Waals surface area contributed by atoms with Crippen molar-refractivity contribution in [3.63, 3.8) is 0 Å². The van der Waals surface area contributed by atoms with E-state index in [1.807, 2.05) is 29.8 Å². The molecule has 0 spiro atoms. The Hall–Kier alpha value is -0.840. The molecule has 21 heavy (non-hydrogen) atoms. The number of rotatable bonds is 5. The van der Waals surface area contributed by atoms with Crippen LogP contribution < -0.4 is 5.73 Å². The van der Waals surface area contributed by atoms with Crippen molar-refractivity contribution in [2.45, 2.75) is 46.2 Å². The number of nitrogens with zero attached hydrogens (tertiary/aromatic N) is 2. The van der Waals surface area contributed by atoms with Gasteiger partial charge >= 0.3 is 0 Å². The number of nitrogens with two attached hydrogens (primary N) is 1. The highest BCUT2D eigenvalue weighted by Gasteiger charge is 2.18. The smallest absolute Gasteiger partial charge is 0.0766 e. The molecule has 1 unspecified atom stereocenters. The van der Waals surface area contributed by atoms with Crippen LogP contribution in [0.3, 0.4) is 0 Å². The fraction of sp³-hybridized carbons (Fsp3) is 0.438. The second kappa shape index (κ2) is 6.95. The van der Waals surface area contributed by atoms with Gasteiger partial charge < -0.3 is 5.73 Å². The first kappa shape index (κ1) is 16.5. The van der Waals surface area contributed by atoms with Crippen LogP contribution in [0.25, 0.3) is 0 Å². The van der Waals surface area contributed by atoms with E-state index in [4.69, 9.17) is 17.3 Å². The van der Waals surface area contributed by atoms with Gasteiger partial charge in [0, 0.05) is 24.0 Å². The zero-order valence-corrected chi connectivity index (χ0v) is 15.0. The normalized spacial score (nSPS) is 12.7.